The normalized spacial score (nSPS) is 12.2. The number of nitriles is 1. The second-order valence-electron chi connectivity index (χ2n) is 2.64. The van der Waals surface area contributed by atoms with Crippen molar-refractivity contribution in [2.75, 3.05) is 6.61 Å². The quantitative estimate of drug-likeness (QED) is 0.703. The zero-order chi connectivity index (χ0) is 9.84. The van der Waals surface area contributed by atoms with Gasteiger partial charge in [0.15, 0.2) is 0 Å². The number of aliphatic hydroxyl groups excluding tert-OH is 1. The Labute approximate surface area is 75.2 Å². The molecule has 0 heterocycles. The molecule has 13 heavy (non-hydrogen) atoms. The second-order valence-corrected chi connectivity index (χ2v) is 2.64. The van der Waals surface area contributed by atoms with Gasteiger partial charge in [-0.3, -0.25) is 0 Å². The summed E-state index contributed by atoms with van der Waals surface area (Å²) >= 11 is 0. The summed E-state index contributed by atoms with van der Waals surface area (Å²) < 4.78 is 13.0. The van der Waals surface area contributed by atoms with E-state index in [9.17, 15) is 4.39 Å². The smallest absolute Gasteiger partial charge is 0.128 e. The van der Waals surface area contributed by atoms with E-state index < -0.39 is 11.9 Å². The number of hydrogen-bond donors (Lipinski definition) is 2. The van der Waals surface area contributed by atoms with Crippen LogP contribution >= 0.6 is 0 Å². The van der Waals surface area contributed by atoms with Crippen molar-refractivity contribution in [1.82, 2.24) is 0 Å². The largest absolute Gasteiger partial charge is 0.394 e. The predicted octanol–water partition coefficient (Wildman–Crippen LogP) is 0.689. The summed E-state index contributed by atoms with van der Waals surface area (Å²) in [5, 5.41) is 17.2. The van der Waals surface area contributed by atoms with Gasteiger partial charge in [0.25, 0.3) is 0 Å². The molecular weight excluding hydrogens is 171 g/mol. The van der Waals surface area contributed by atoms with E-state index in [4.69, 9.17) is 16.1 Å². The minimum absolute atomic E-state index is 0.168. The van der Waals surface area contributed by atoms with Crippen molar-refractivity contribution < 1.29 is 9.50 Å². The van der Waals surface area contributed by atoms with Crippen LogP contribution in [-0.2, 0) is 0 Å². The Morgan fingerprint density at radius 1 is 1.62 bits per heavy atom. The number of hydrogen-bond acceptors (Lipinski definition) is 3. The first kappa shape index (κ1) is 9.65. The molecule has 1 aromatic rings. The van der Waals surface area contributed by atoms with Crippen LogP contribution in [0, 0.1) is 17.1 Å². The molecule has 3 N–H and O–H groups in total. The van der Waals surface area contributed by atoms with E-state index in [1.54, 1.807) is 0 Å². The molecule has 0 unspecified atom stereocenters. The third-order valence-electron chi connectivity index (χ3n) is 1.72. The minimum Gasteiger partial charge on any atom is -0.394 e. The summed E-state index contributed by atoms with van der Waals surface area (Å²) in [5.74, 6) is -0.499. The van der Waals surface area contributed by atoms with Crippen LogP contribution in [0.25, 0.3) is 0 Å². The Balaban J connectivity index is 3.12. The molecule has 0 aliphatic rings. The van der Waals surface area contributed by atoms with Gasteiger partial charge in [0, 0.05) is 5.56 Å². The predicted molar refractivity (Wildman–Crippen MR) is 45.1 cm³/mol. The number of benzene rings is 1. The third kappa shape index (κ3) is 2.02. The highest BCUT2D eigenvalue weighted by Crippen LogP contribution is 2.16. The van der Waals surface area contributed by atoms with Crippen molar-refractivity contribution in [3.05, 3.63) is 35.1 Å². The lowest BCUT2D eigenvalue weighted by Gasteiger charge is -2.09. The molecule has 0 saturated carbocycles. The molecule has 0 radical (unpaired) electrons. The highest BCUT2D eigenvalue weighted by molar-refractivity contribution is 5.35. The molecule has 0 fully saturated rings. The standard InChI is InChI=1S/C9H9FN2O/c10-8-2-1-6(4-11)3-7(8)9(12)5-13/h1-3,9,13H,5,12H2/t9-/m1/s1. The lowest BCUT2D eigenvalue weighted by atomic mass is 10.1. The highest BCUT2D eigenvalue weighted by atomic mass is 19.1. The molecule has 1 atom stereocenters. The van der Waals surface area contributed by atoms with Gasteiger partial charge >= 0.3 is 0 Å². The zero-order valence-corrected chi connectivity index (χ0v) is 6.87. The van der Waals surface area contributed by atoms with Crippen LogP contribution in [0.1, 0.15) is 17.2 Å². The molecule has 4 heteroatoms. The second kappa shape index (κ2) is 3.99. The monoisotopic (exact) mass is 180 g/mol. The van der Waals surface area contributed by atoms with Crippen LogP contribution in [-0.4, -0.2) is 11.7 Å². The summed E-state index contributed by atoms with van der Waals surface area (Å²) in [6.07, 6.45) is 0. The van der Waals surface area contributed by atoms with E-state index in [-0.39, 0.29) is 12.2 Å². The molecule has 0 aliphatic heterocycles. The van der Waals surface area contributed by atoms with E-state index in [0.29, 0.717) is 5.56 Å². The van der Waals surface area contributed by atoms with Gasteiger partial charge < -0.3 is 10.8 Å². The Morgan fingerprint density at radius 2 is 2.31 bits per heavy atom. The molecular formula is C9H9FN2O. The molecule has 0 amide bonds. The van der Waals surface area contributed by atoms with Gasteiger partial charge in [0.2, 0.25) is 0 Å². The number of rotatable bonds is 2. The van der Waals surface area contributed by atoms with Gasteiger partial charge in [0.05, 0.1) is 24.3 Å². The maximum atomic E-state index is 13.0. The lowest BCUT2D eigenvalue weighted by Crippen LogP contribution is -2.16. The van der Waals surface area contributed by atoms with Gasteiger partial charge in [-0.1, -0.05) is 0 Å². The van der Waals surface area contributed by atoms with Gasteiger partial charge in [-0.25, -0.2) is 4.39 Å². The van der Waals surface area contributed by atoms with Crippen molar-refractivity contribution in [3.63, 3.8) is 0 Å². The van der Waals surface area contributed by atoms with Crippen molar-refractivity contribution in [1.29, 1.82) is 5.26 Å². The van der Waals surface area contributed by atoms with E-state index in [1.165, 1.54) is 18.2 Å². The van der Waals surface area contributed by atoms with Crippen molar-refractivity contribution >= 4 is 0 Å². The molecule has 1 aromatic carbocycles. The first-order valence-corrected chi connectivity index (χ1v) is 3.75. The van der Waals surface area contributed by atoms with E-state index in [0.717, 1.165) is 0 Å². The summed E-state index contributed by atoms with van der Waals surface area (Å²) in [6.45, 7) is -0.341. The van der Waals surface area contributed by atoms with Crippen LogP contribution < -0.4 is 5.73 Å². The third-order valence-corrected chi connectivity index (χ3v) is 1.72. The van der Waals surface area contributed by atoms with Crippen LogP contribution in [0.2, 0.25) is 0 Å². The summed E-state index contributed by atoms with van der Waals surface area (Å²) in [7, 11) is 0. The van der Waals surface area contributed by atoms with Crippen molar-refractivity contribution in [2.45, 2.75) is 6.04 Å². The van der Waals surface area contributed by atoms with Crippen molar-refractivity contribution in [2.24, 2.45) is 5.73 Å². The lowest BCUT2D eigenvalue weighted by molar-refractivity contribution is 0.265. The first-order chi connectivity index (χ1) is 6.19. The maximum Gasteiger partial charge on any atom is 0.128 e. The fourth-order valence-electron chi connectivity index (χ4n) is 0.996. The first-order valence-electron chi connectivity index (χ1n) is 3.75. The van der Waals surface area contributed by atoms with Crippen LogP contribution in [0.5, 0.6) is 0 Å². The fourth-order valence-corrected chi connectivity index (χ4v) is 0.996. The van der Waals surface area contributed by atoms with Gasteiger partial charge in [-0.05, 0) is 18.2 Å². The van der Waals surface area contributed by atoms with Crippen LogP contribution in [0.3, 0.4) is 0 Å². The SMILES string of the molecule is N#Cc1ccc(F)c([C@H](N)CO)c1. The van der Waals surface area contributed by atoms with Gasteiger partial charge in [0.1, 0.15) is 5.82 Å². The Hall–Kier alpha value is -1.44. The molecule has 1 rings (SSSR count). The molecule has 68 valence electrons. The molecule has 0 bridgehead atoms. The zero-order valence-electron chi connectivity index (χ0n) is 6.87. The Bertz CT molecular complexity index is 346. The summed E-state index contributed by atoms with van der Waals surface area (Å²) in [6, 6.07) is 4.98. The van der Waals surface area contributed by atoms with E-state index in [1.807, 2.05) is 6.07 Å². The number of aliphatic hydroxyl groups is 1. The molecule has 0 aromatic heterocycles. The van der Waals surface area contributed by atoms with E-state index >= 15 is 0 Å². The molecule has 3 nitrogen and oxygen atoms in total. The number of halogens is 1. The van der Waals surface area contributed by atoms with Crippen LogP contribution in [0.4, 0.5) is 4.39 Å². The van der Waals surface area contributed by atoms with Crippen molar-refractivity contribution in [3.8, 4) is 6.07 Å². The topological polar surface area (TPSA) is 70.0 Å². The Morgan fingerprint density at radius 3 is 2.85 bits per heavy atom. The molecule has 0 spiro atoms. The average molecular weight is 180 g/mol. The molecule has 0 saturated heterocycles. The number of nitrogens with zero attached hydrogens (tertiary/aromatic N) is 1. The van der Waals surface area contributed by atoms with Crippen LogP contribution in [0.15, 0.2) is 18.2 Å². The summed E-state index contributed by atoms with van der Waals surface area (Å²) in [4.78, 5) is 0. The average Bonchev–Trinajstić information content (AvgIpc) is 2.17. The van der Waals surface area contributed by atoms with Gasteiger partial charge in [-0.15, -0.1) is 0 Å². The van der Waals surface area contributed by atoms with Gasteiger partial charge in [-0.2, -0.15) is 5.26 Å². The number of nitrogens with two attached hydrogens (primary N) is 1. The Kier molecular flexibility index (Phi) is 2.96. The highest BCUT2D eigenvalue weighted by Gasteiger charge is 2.10. The molecule has 0 aliphatic carbocycles. The fraction of sp³-hybridized carbons (Fsp3) is 0.222. The van der Waals surface area contributed by atoms with E-state index in [2.05, 4.69) is 0 Å². The maximum absolute atomic E-state index is 13.0. The summed E-state index contributed by atoms with van der Waals surface area (Å²) in [5.41, 5.74) is 5.92. The minimum atomic E-state index is -0.770.